The maximum atomic E-state index is 12.8. The number of hydrogen-bond acceptors (Lipinski definition) is 1. The number of rotatable bonds is 4. The molecule has 0 aliphatic rings. The predicted molar refractivity (Wildman–Crippen MR) is 56.1 cm³/mol. The Morgan fingerprint density at radius 1 is 1.19 bits per heavy atom. The summed E-state index contributed by atoms with van der Waals surface area (Å²) < 4.78 is 38.5. The summed E-state index contributed by atoms with van der Waals surface area (Å²) in [4.78, 5) is 0. The molecule has 0 saturated carbocycles. The van der Waals surface area contributed by atoms with E-state index >= 15 is 0 Å². The highest BCUT2D eigenvalue weighted by Crippen LogP contribution is 2.39. The Labute approximate surface area is 92.9 Å². The molecule has 0 bridgehead atoms. The number of aliphatic hydroxyl groups is 1. The van der Waals surface area contributed by atoms with Gasteiger partial charge in [-0.3, -0.25) is 0 Å². The van der Waals surface area contributed by atoms with E-state index in [0.29, 0.717) is 0 Å². The summed E-state index contributed by atoms with van der Waals surface area (Å²) in [6, 6.07) is 7.83. The van der Waals surface area contributed by atoms with Crippen molar-refractivity contribution in [3.05, 3.63) is 35.9 Å². The lowest BCUT2D eigenvalue weighted by Gasteiger charge is -2.23. The van der Waals surface area contributed by atoms with Crippen molar-refractivity contribution in [2.24, 2.45) is 5.92 Å². The van der Waals surface area contributed by atoms with Gasteiger partial charge in [-0.05, 0) is 17.9 Å². The van der Waals surface area contributed by atoms with Gasteiger partial charge < -0.3 is 5.11 Å². The van der Waals surface area contributed by atoms with Gasteiger partial charge in [-0.25, -0.2) is 0 Å². The van der Waals surface area contributed by atoms with E-state index < -0.39 is 12.1 Å². The van der Waals surface area contributed by atoms with Crippen molar-refractivity contribution in [3.8, 4) is 0 Å². The van der Waals surface area contributed by atoms with Crippen LogP contribution in [0, 0.1) is 5.92 Å². The van der Waals surface area contributed by atoms with Crippen molar-refractivity contribution in [3.63, 3.8) is 0 Å². The van der Waals surface area contributed by atoms with Gasteiger partial charge in [-0.15, -0.1) is 0 Å². The third-order valence-electron chi connectivity index (χ3n) is 2.55. The highest BCUT2D eigenvalue weighted by atomic mass is 19.4. The second-order valence-corrected chi connectivity index (χ2v) is 4.03. The molecule has 4 heteroatoms. The number of halogens is 3. The molecular weight excluding hydrogens is 217 g/mol. The summed E-state index contributed by atoms with van der Waals surface area (Å²) in [5.74, 6) is -1.84. The summed E-state index contributed by atoms with van der Waals surface area (Å²) in [5.41, 5.74) is 0.260. The molecule has 0 fully saturated rings. The number of hydrogen-bond donors (Lipinski definition) is 1. The smallest absolute Gasteiger partial charge is 0.395 e. The molecule has 2 unspecified atom stereocenters. The average Bonchev–Trinajstić information content (AvgIpc) is 2.25. The van der Waals surface area contributed by atoms with E-state index in [9.17, 15) is 13.2 Å². The predicted octanol–water partition coefficient (Wildman–Crippen LogP) is 3.35. The standard InChI is InChI=1S/C12H15F3O/c1-9(8-16)7-11(12(13,14)15)10-5-3-2-4-6-10/h2-6,9,11,16H,7-8H2,1H3. The van der Waals surface area contributed by atoms with Crippen LogP contribution in [0.4, 0.5) is 13.2 Å². The summed E-state index contributed by atoms with van der Waals surface area (Å²) in [7, 11) is 0. The largest absolute Gasteiger partial charge is 0.396 e. The van der Waals surface area contributed by atoms with Gasteiger partial charge in [0.1, 0.15) is 0 Å². The van der Waals surface area contributed by atoms with Gasteiger partial charge in [0, 0.05) is 6.61 Å². The molecule has 0 amide bonds. The van der Waals surface area contributed by atoms with Crippen LogP contribution in [0.25, 0.3) is 0 Å². The highest BCUT2D eigenvalue weighted by molar-refractivity contribution is 5.21. The van der Waals surface area contributed by atoms with Crippen LogP contribution in [-0.2, 0) is 0 Å². The Morgan fingerprint density at radius 2 is 1.75 bits per heavy atom. The fourth-order valence-electron chi connectivity index (χ4n) is 1.62. The zero-order chi connectivity index (χ0) is 12.2. The summed E-state index contributed by atoms with van der Waals surface area (Å²) in [6.45, 7) is 1.39. The lowest BCUT2D eigenvalue weighted by atomic mass is 9.89. The molecule has 0 aliphatic carbocycles. The first kappa shape index (κ1) is 13.0. The zero-order valence-electron chi connectivity index (χ0n) is 9.04. The minimum Gasteiger partial charge on any atom is -0.396 e. The molecule has 1 rings (SSSR count). The van der Waals surface area contributed by atoms with Crippen molar-refractivity contribution in [2.45, 2.75) is 25.4 Å². The van der Waals surface area contributed by atoms with E-state index in [1.807, 2.05) is 0 Å². The Kier molecular flexibility index (Phi) is 4.35. The Bertz CT molecular complexity index is 308. The molecule has 2 atom stereocenters. The maximum absolute atomic E-state index is 12.8. The normalized spacial score (nSPS) is 15.8. The molecule has 1 nitrogen and oxygen atoms in total. The molecule has 1 N–H and O–H groups in total. The monoisotopic (exact) mass is 232 g/mol. The zero-order valence-corrected chi connectivity index (χ0v) is 9.04. The highest BCUT2D eigenvalue weighted by Gasteiger charge is 2.40. The molecule has 0 aliphatic heterocycles. The molecular formula is C12H15F3O. The molecule has 16 heavy (non-hydrogen) atoms. The minimum absolute atomic E-state index is 0.0794. The van der Waals surface area contributed by atoms with Gasteiger partial charge in [0.2, 0.25) is 0 Å². The van der Waals surface area contributed by atoms with E-state index in [-0.39, 0.29) is 24.5 Å². The fourth-order valence-corrected chi connectivity index (χ4v) is 1.62. The van der Waals surface area contributed by atoms with Gasteiger partial charge in [0.05, 0.1) is 5.92 Å². The van der Waals surface area contributed by atoms with Crippen LogP contribution < -0.4 is 0 Å². The van der Waals surface area contributed by atoms with Crippen LogP contribution in [0.5, 0.6) is 0 Å². The van der Waals surface area contributed by atoms with Gasteiger partial charge >= 0.3 is 6.18 Å². The van der Waals surface area contributed by atoms with Crippen molar-refractivity contribution >= 4 is 0 Å². The van der Waals surface area contributed by atoms with Crippen molar-refractivity contribution in [1.82, 2.24) is 0 Å². The van der Waals surface area contributed by atoms with Crippen molar-refractivity contribution < 1.29 is 18.3 Å². The third-order valence-corrected chi connectivity index (χ3v) is 2.55. The van der Waals surface area contributed by atoms with E-state index in [2.05, 4.69) is 0 Å². The molecule has 90 valence electrons. The lowest BCUT2D eigenvalue weighted by Crippen LogP contribution is -2.23. The van der Waals surface area contributed by atoms with Crippen LogP contribution >= 0.6 is 0 Å². The van der Waals surface area contributed by atoms with Crippen molar-refractivity contribution in [1.29, 1.82) is 0 Å². The van der Waals surface area contributed by atoms with E-state index in [4.69, 9.17) is 5.11 Å². The quantitative estimate of drug-likeness (QED) is 0.844. The molecule has 0 heterocycles. The first-order valence-electron chi connectivity index (χ1n) is 5.17. The van der Waals surface area contributed by atoms with Crippen LogP contribution in [0.3, 0.4) is 0 Å². The minimum atomic E-state index is -4.26. The Hall–Kier alpha value is -1.03. The average molecular weight is 232 g/mol. The van der Waals surface area contributed by atoms with Gasteiger partial charge in [-0.2, -0.15) is 13.2 Å². The Morgan fingerprint density at radius 3 is 2.19 bits per heavy atom. The molecule has 0 spiro atoms. The van der Waals surface area contributed by atoms with Gasteiger partial charge in [0.25, 0.3) is 0 Å². The number of aliphatic hydroxyl groups excluding tert-OH is 1. The van der Waals surface area contributed by atoms with Crippen LogP contribution in [0.15, 0.2) is 30.3 Å². The molecule has 1 aromatic rings. The summed E-state index contributed by atoms with van der Waals surface area (Å²) in [5, 5.41) is 8.83. The second-order valence-electron chi connectivity index (χ2n) is 4.03. The summed E-state index contributed by atoms with van der Waals surface area (Å²) >= 11 is 0. The van der Waals surface area contributed by atoms with E-state index in [0.717, 1.165) is 0 Å². The molecule has 0 radical (unpaired) electrons. The topological polar surface area (TPSA) is 20.2 Å². The lowest BCUT2D eigenvalue weighted by molar-refractivity contribution is -0.154. The van der Waals surface area contributed by atoms with Crippen LogP contribution in [0.2, 0.25) is 0 Å². The van der Waals surface area contributed by atoms with E-state index in [1.54, 1.807) is 25.1 Å². The molecule has 0 aromatic heterocycles. The second kappa shape index (κ2) is 5.34. The first-order valence-corrected chi connectivity index (χ1v) is 5.17. The van der Waals surface area contributed by atoms with Gasteiger partial charge in [0.15, 0.2) is 0 Å². The fraction of sp³-hybridized carbons (Fsp3) is 0.500. The number of benzene rings is 1. The van der Waals surface area contributed by atoms with Crippen molar-refractivity contribution in [2.75, 3.05) is 6.61 Å². The number of alkyl halides is 3. The third kappa shape index (κ3) is 3.52. The molecule has 0 saturated heterocycles. The van der Waals surface area contributed by atoms with Crippen LogP contribution in [-0.4, -0.2) is 17.9 Å². The Balaban J connectivity index is 2.89. The molecule has 1 aromatic carbocycles. The SMILES string of the molecule is CC(CO)CC(c1ccccc1)C(F)(F)F. The maximum Gasteiger partial charge on any atom is 0.395 e. The van der Waals surface area contributed by atoms with Crippen LogP contribution in [0.1, 0.15) is 24.8 Å². The van der Waals surface area contributed by atoms with Gasteiger partial charge in [-0.1, -0.05) is 37.3 Å². The first-order chi connectivity index (χ1) is 7.45. The van der Waals surface area contributed by atoms with E-state index in [1.165, 1.54) is 12.1 Å². The summed E-state index contributed by atoms with van der Waals surface area (Å²) in [6.07, 6.45) is -4.34.